The van der Waals surface area contributed by atoms with Crippen LogP contribution in [0.1, 0.15) is 24.0 Å². The van der Waals surface area contributed by atoms with Crippen molar-refractivity contribution >= 4 is 5.91 Å². The molecular weight excluding hydrogens is 226 g/mol. The van der Waals surface area contributed by atoms with E-state index in [-0.39, 0.29) is 5.91 Å². The highest BCUT2D eigenvalue weighted by atomic mass is 16.2. The maximum atomic E-state index is 11.6. The summed E-state index contributed by atoms with van der Waals surface area (Å²) in [5, 5.41) is 2.99. The number of rotatable bonds is 6. The molecule has 1 aromatic rings. The highest BCUT2D eigenvalue weighted by Gasteiger charge is 2.23. The second-order valence-corrected chi connectivity index (χ2v) is 5.04. The van der Waals surface area contributed by atoms with Gasteiger partial charge in [0.05, 0.1) is 6.54 Å². The molecule has 0 radical (unpaired) electrons. The lowest BCUT2D eigenvalue weighted by molar-refractivity contribution is -0.122. The lowest BCUT2D eigenvalue weighted by atomic mass is 10.1. The van der Waals surface area contributed by atoms with Crippen LogP contribution in [0.25, 0.3) is 0 Å². The summed E-state index contributed by atoms with van der Waals surface area (Å²) < 4.78 is 0. The highest BCUT2D eigenvalue weighted by Crippen LogP contribution is 2.18. The van der Waals surface area contributed by atoms with Gasteiger partial charge in [-0.2, -0.15) is 0 Å². The monoisotopic (exact) mass is 247 g/mol. The zero-order valence-corrected chi connectivity index (χ0v) is 10.9. The van der Waals surface area contributed by atoms with Crippen molar-refractivity contribution in [3.05, 3.63) is 35.4 Å². The normalized spacial score (nSPS) is 14.8. The van der Waals surface area contributed by atoms with Crippen molar-refractivity contribution < 1.29 is 4.79 Å². The third-order valence-corrected chi connectivity index (χ3v) is 3.04. The molecule has 0 bridgehead atoms. The van der Waals surface area contributed by atoms with Crippen molar-refractivity contribution in [3.63, 3.8) is 0 Å². The molecule has 1 aromatic carbocycles. The van der Waals surface area contributed by atoms with Crippen molar-refractivity contribution in [2.75, 3.05) is 13.6 Å². The molecule has 98 valence electrons. The van der Waals surface area contributed by atoms with Gasteiger partial charge in [-0.1, -0.05) is 24.3 Å². The molecule has 1 saturated carbocycles. The molecule has 0 atom stereocenters. The predicted molar refractivity (Wildman–Crippen MR) is 71.8 cm³/mol. The largest absolute Gasteiger partial charge is 0.352 e. The van der Waals surface area contributed by atoms with Crippen LogP contribution in [0, 0.1) is 0 Å². The quantitative estimate of drug-likeness (QED) is 0.783. The Hall–Kier alpha value is -1.39. The molecule has 1 aliphatic carbocycles. The van der Waals surface area contributed by atoms with E-state index in [1.54, 1.807) is 0 Å². The first-order chi connectivity index (χ1) is 8.67. The molecule has 1 fully saturated rings. The van der Waals surface area contributed by atoms with Crippen LogP contribution in [-0.2, 0) is 17.9 Å². The van der Waals surface area contributed by atoms with Gasteiger partial charge in [-0.25, -0.2) is 0 Å². The Morgan fingerprint density at radius 2 is 2.17 bits per heavy atom. The van der Waals surface area contributed by atoms with E-state index in [2.05, 4.69) is 17.4 Å². The van der Waals surface area contributed by atoms with Gasteiger partial charge in [0.1, 0.15) is 0 Å². The summed E-state index contributed by atoms with van der Waals surface area (Å²) in [4.78, 5) is 13.7. The second-order valence-electron chi connectivity index (χ2n) is 5.04. The second kappa shape index (κ2) is 5.98. The van der Waals surface area contributed by atoms with E-state index in [1.807, 2.05) is 24.1 Å². The number of nitrogens with zero attached hydrogens (tertiary/aromatic N) is 1. The number of hydrogen-bond donors (Lipinski definition) is 2. The van der Waals surface area contributed by atoms with Crippen LogP contribution in [-0.4, -0.2) is 30.4 Å². The Morgan fingerprint density at radius 1 is 1.44 bits per heavy atom. The number of amides is 1. The minimum absolute atomic E-state index is 0.120. The van der Waals surface area contributed by atoms with Gasteiger partial charge in [0.15, 0.2) is 0 Å². The molecule has 0 aromatic heterocycles. The maximum Gasteiger partial charge on any atom is 0.234 e. The third-order valence-electron chi connectivity index (χ3n) is 3.04. The van der Waals surface area contributed by atoms with Crippen molar-refractivity contribution in [2.45, 2.75) is 32.0 Å². The number of carbonyl (C=O) groups is 1. The molecule has 2 rings (SSSR count). The van der Waals surface area contributed by atoms with Crippen LogP contribution in [0.4, 0.5) is 0 Å². The summed E-state index contributed by atoms with van der Waals surface area (Å²) in [6.45, 7) is 1.77. The van der Waals surface area contributed by atoms with Crippen LogP contribution in [0.15, 0.2) is 24.3 Å². The Bertz CT molecular complexity index is 415. The fraction of sp³-hybridized carbons (Fsp3) is 0.500. The molecule has 1 amide bonds. The van der Waals surface area contributed by atoms with E-state index < -0.39 is 0 Å². The summed E-state index contributed by atoms with van der Waals surface area (Å²) in [5.74, 6) is 0.120. The van der Waals surface area contributed by atoms with Crippen LogP contribution in [0.5, 0.6) is 0 Å². The molecular formula is C14H21N3O. The molecule has 0 unspecified atom stereocenters. The lowest BCUT2D eigenvalue weighted by Gasteiger charge is -2.16. The summed E-state index contributed by atoms with van der Waals surface area (Å²) in [6, 6.07) is 8.62. The molecule has 0 aliphatic heterocycles. The fourth-order valence-corrected chi connectivity index (χ4v) is 1.97. The van der Waals surface area contributed by atoms with Crippen LogP contribution >= 0.6 is 0 Å². The molecule has 4 nitrogen and oxygen atoms in total. The van der Waals surface area contributed by atoms with Gasteiger partial charge < -0.3 is 11.1 Å². The molecule has 3 N–H and O–H groups in total. The van der Waals surface area contributed by atoms with E-state index in [0.717, 1.165) is 24.9 Å². The number of carbonyl (C=O) groups excluding carboxylic acids is 1. The SMILES string of the molecule is CN(CC(=O)NC1CC1)Cc1cccc(CN)c1. The first-order valence-electron chi connectivity index (χ1n) is 6.43. The highest BCUT2D eigenvalue weighted by molar-refractivity contribution is 5.78. The van der Waals surface area contributed by atoms with Gasteiger partial charge in [0.25, 0.3) is 0 Å². The standard InChI is InChI=1S/C14H21N3O/c1-17(10-14(18)16-13-5-6-13)9-12-4-2-3-11(7-12)8-15/h2-4,7,13H,5-6,8-10,15H2,1H3,(H,16,18). The Labute approximate surface area is 108 Å². The Kier molecular flexibility index (Phi) is 4.33. The number of benzene rings is 1. The summed E-state index contributed by atoms with van der Waals surface area (Å²) >= 11 is 0. The molecule has 18 heavy (non-hydrogen) atoms. The topological polar surface area (TPSA) is 58.4 Å². The maximum absolute atomic E-state index is 11.6. The van der Waals surface area contributed by atoms with Gasteiger partial charge in [-0.15, -0.1) is 0 Å². The summed E-state index contributed by atoms with van der Waals surface area (Å²) in [5.41, 5.74) is 7.94. The first-order valence-corrected chi connectivity index (χ1v) is 6.43. The minimum Gasteiger partial charge on any atom is -0.352 e. The Balaban J connectivity index is 1.81. The summed E-state index contributed by atoms with van der Waals surface area (Å²) in [6.07, 6.45) is 2.27. The zero-order valence-electron chi connectivity index (χ0n) is 10.9. The number of nitrogens with two attached hydrogens (primary N) is 1. The molecule has 0 heterocycles. The smallest absolute Gasteiger partial charge is 0.234 e. The first kappa shape index (κ1) is 13.1. The minimum atomic E-state index is 0.120. The number of likely N-dealkylation sites (N-methyl/N-ethyl adjacent to an activating group) is 1. The molecule has 0 spiro atoms. The number of nitrogens with one attached hydrogen (secondary N) is 1. The van der Waals surface area contributed by atoms with Crippen LogP contribution < -0.4 is 11.1 Å². The van der Waals surface area contributed by atoms with E-state index in [4.69, 9.17) is 5.73 Å². The van der Waals surface area contributed by atoms with E-state index >= 15 is 0 Å². The third kappa shape index (κ3) is 4.13. The zero-order chi connectivity index (χ0) is 13.0. The van der Waals surface area contributed by atoms with Crippen molar-refractivity contribution in [3.8, 4) is 0 Å². The molecule has 1 aliphatic rings. The Morgan fingerprint density at radius 3 is 2.83 bits per heavy atom. The average Bonchev–Trinajstić information content (AvgIpc) is 3.12. The fourth-order valence-electron chi connectivity index (χ4n) is 1.97. The molecule has 0 saturated heterocycles. The van der Waals surface area contributed by atoms with Crippen LogP contribution in [0.2, 0.25) is 0 Å². The van der Waals surface area contributed by atoms with Gasteiger partial charge in [0, 0.05) is 19.1 Å². The van der Waals surface area contributed by atoms with Gasteiger partial charge in [-0.3, -0.25) is 9.69 Å². The van der Waals surface area contributed by atoms with E-state index in [1.165, 1.54) is 5.56 Å². The lowest BCUT2D eigenvalue weighted by Crippen LogP contribution is -2.35. The van der Waals surface area contributed by atoms with Crippen LogP contribution in [0.3, 0.4) is 0 Å². The van der Waals surface area contributed by atoms with Crippen molar-refractivity contribution in [2.24, 2.45) is 5.73 Å². The summed E-state index contributed by atoms with van der Waals surface area (Å²) in [7, 11) is 1.96. The molecule has 4 heteroatoms. The van der Waals surface area contributed by atoms with Crippen molar-refractivity contribution in [1.29, 1.82) is 0 Å². The van der Waals surface area contributed by atoms with Gasteiger partial charge >= 0.3 is 0 Å². The van der Waals surface area contributed by atoms with Gasteiger partial charge in [0.2, 0.25) is 5.91 Å². The number of hydrogen-bond acceptors (Lipinski definition) is 3. The van der Waals surface area contributed by atoms with E-state index in [0.29, 0.717) is 19.1 Å². The predicted octanol–water partition coefficient (Wildman–Crippen LogP) is 0.856. The van der Waals surface area contributed by atoms with Crippen molar-refractivity contribution in [1.82, 2.24) is 10.2 Å². The average molecular weight is 247 g/mol. The van der Waals surface area contributed by atoms with E-state index in [9.17, 15) is 4.79 Å². The van der Waals surface area contributed by atoms with Gasteiger partial charge in [-0.05, 0) is 31.0 Å².